The molecule has 0 amide bonds. The molecule has 110 valence electrons. The van der Waals surface area contributed by atoms with Crippen molar-refractivity contribution >= 4 is 0 Å². The van der Waals surface area contributed by atoms with Crippen LogP contribution in [0.15, 0.2) is 0 Å². The lowest BCUT2D eigenvalue weighted by molar-refractivity contribution is -0.0544. The van der Waals surface area contributed by atoms with Crippen molar-refractivity contribution in [3.63, 3.8) is 0 Å². The predicted octanol–water partition coefficient (Wildman–Crippen LogP) is 4.47. The van der Waals surface area contributed by atoms with Crippen LogP contribution in [0.2, 0.25) is 0 Å². The second kappa shape index (κ2) is 5.76. The third-order valence-corrected chi connectivity index (χ3v) is 6.58. The molecule has 4 aliphatic rings. The Morgan fingerprint density at radius 3 is 2.00 bits per heavy atom. The molecule has 0 aromatic carbocycles. The Morgan fingerprint density at radius 1 is 0.947 bits per heavy atom. The van der Waals surface area contributed by atoms with Gasteiger partial charge in [0.2, 0.25) is 0 Å². The molecular formula is C18H33N. The van der Waals surface area contributed by atoms with Crippen molar-refractivity contribution in [1.29, 1.82) is 0 Å². The fourth-order valence-electron chi connectivity index (χ4n) is 5.86. The highest BCUT2D eigenvalue weighted by Gasteiger charge is 2.50. The first-order valence-electron chi connectivity index (χ1n) is 8.94. The molecule has 19 heavy (non-hydrogen) atoms. The molecule has 2 atom stereocenters. The first-order valence-corrected chi connectivity index (χ1v) is 8.94. The highest BCUT2D eigenvalue weighted by atomic mass is 14.9. The van der Waals surface area contributed by atoms with Crippen LogP contribution >= 0.6 is 0 Å². The van der Waals surface area contributed by atoms with Gasteiger partial charge in [-0.2, -0.15) is 0 Å². The molecule has 4 aliphatic carbocycles. The van der Waals surface area contributed by atoms with Crippen LogP contribution in [-0.2, 0) is 0 Å². The minimum Gasteiger partial charge on any atom is -0.314 e. The Kier molecular flexibility index (Phi) is 4.22. The standard InChI is InChI=1S/C18H33N/c1-4-12(3)6-17(19-5-2)18-15-8-13-7-14(10-15)11-16(18)9-13/h12-19H,4-11H2,1-3H3. The second-order valence-corrected chi connectivity index (χ2v) is 7.92. The lowest BCUT2D eigenvalue weighted by Gasteiger charge is -2.56. The van der Waals surface area contributed by atoms with E-state index in [1.54, 1.807) is 32.1 Å². The molecule has 1 nitrogen and oxygen atoms in total. The van der Waals surface area contributed by atoms with Gasteiger partial charge < -0.3 is 5.32 Å². The smallest absolute Gasteiger partial charge is 0.0103 e. The van der Waals surface area contributed by atoms with E-state index in [2.05, 4.69) is 26.1 Å². The fourth-order valence-corrected chi connectivity index (χ4v) is 5.86. The summed E-state index contributed by atoms with van der Waals surface area (Å²) in [5.41, 5.74) is 0. The third kappa shape index (κ3) is 2.73. The highest BCUT2D eigenvalue weighted by molar-refractivity contribution is 5.01. The minimum absolute atomic E-state index is 0.815. The summed E-state index contributed by atoms with van der Waals surface area (Å²) in [7, 11) is 0. The number of nitrogens with one attached hydrogen (secondary N) is 1. The van der Waals surface area contributed by atoms with Crippen LogP contribution in [0, 0.1) is 35.5 Å². The molecule has 4 fully saturated rings. The zero-order chi connectivity index (χ0) is 13.4. The summed E-state index contributed by atoms with van der Waals surface area (Å²) in [6, 6.07) is 0.815. The summed E-state index contributed by atoms with van der Waals surface area (Å²) in [6.07, 6.45) is 10.6. The molecule has 0 aromatic heterocycles. The zero-order valence-corrected chi connectivity index (χ0v) is 13.2. The van der Waals surface area contributed by atoms with Crippen LogP contribution in [0.25, 0.3) is 0 Å². The molecule has 0 aliphatic heterocycles. The van der Waals surface area contributed by atoms with E-state index in [0.717, 1.165) is 48.1 Å². The van der Waals surface area contributed by atoms with Crippen molar-refractivity contribution in [3.8, 4) is 0 Å². The molecule has 4 rings (SSSR count). The van der Waals surface area contributed by atoms with Crippen LogP contribution < -0.4 is 5.32 Å². The van der Waals surface area contributed by atoms with Crippen LogP contribution in [0.1, 0.15) is 65.7 Å². The molecule has 2 unspecified atom stereocenters. The Labute approximate surface area is 119 Å². The van der Waals surface area contributed by atoms with Crippen molar-refractivity contribution in [1.82, 2.24) is 5.32 Å². The predicted molar refractivity (Wildman–Crippen MR) is 82.1 cm³/mol. The third-order valence-electron chi connectivity index (χ3n) is 6.58. The Bertz CT molecular complexity index is 270. The van der Waals surface area contributed by atoms with Crippen LogP contribution in [0.5, 0.6) is 0 Å². The molecule has 4 saturated carbocycles. The SMILES string of the molecule is CCNC(CC(C)CC)C1C2CC3CC(C2)CC1C3. The molecular weight excluding hydrogens is 230 g/mol. The van der Waals surface area contributed by atoms with E-state index in [1.807, 2.05) is 0 Å². The quantitative estimate of drug-likeness (QED) is 0.745. The molecule has 1 heteroatoms. The Morgan fingerprint density at radius 2 is 1.53 bits per heavy atom. The maximum absolute atomic E-state index is 3.88. The van der Waals surface area contributed by atoms with Gasteiger partial charge in [-0.3, -0.25) is 0 Å². The molecule has 0 saturated heterocycles. The normalized spacial score (nSPS) is 43.4. The molecule has 0 aromatic rings. The maximum Gasteiger partial charge on any atom is 0.0103 e. The van der Waals surface area contributed by atoms with Crippen molar-refractivity contribution in [2.24, 2.45) is 35.5 Å². The lowest BCUT2D eigenvalue weighted by Crippen LogP contribution is -2.53. The van der Waals surface area contributed by atoms with Crippen molar-refractivity contribution in [2.45, 2.75) is 71.8 Å². The van der Waals surface area contributed by atoms with Gasteiger partial charge in [-0.15, -0.1) is 0 Å². The molecule has 1 N–H and O–H groups in total. The molecule has 4 bridgehead atoms. The average molecular weight is 263 g/mol. The number of rotatable bonds is 6. The Hall–Kier alpha value is -0.0400. The van der Waals surface area contributed by atoms with E-state index >= 15 is 0 Å². The first-order chi connectivity index (χ1) is 9.21. The van der Waals surface area contributed by atoms with E-state index in [0.29, 0.717) is 0 Å². The van der Waals surface area contributed by atoms with Gasteiger partial charge in [0.05, 0.1) is 0 Å². The molecule has 0 radical (unpaired) electrons. The maximum atomic E-state index is 3.88. The van der Waals surface area contributed by atoms with Gasteiger partial charge in [-0.05, 0) is 80.6 Å². The fraction of sp³-hybridized carbons (Fsp3) is 1.00. The summed E-state index contributed by atoms with van der Waals surface area (Å²) in [6.45, 7) is 8.24. The van der Waals surface area contributed by atoms with Gasteiger partial charge in [-0.1, -0.05) is 27.2 Å². The van der Waals surface area contributed by atoms with E-state index in [9.17, 15) is 0 Å². The van der Waals surface area contributed by atoms with E-state index in [4.69, 9.17) is 0 Å². The average Bonchev–Trinajstić information content (AvgIpc) is 2.37. The van der Waals surface area contributed by atoms with Gasteiger partial charge >= 0.3 is 0 Å². The lowest BCUT2D eigenvalue weighted by atomic mass is 9.50. The molecule has 0 heterocycles. The minimum atomic E-state index is 0.815. The van der Waals surface area contributed by atoms with E-state index in [1.165, 1.54) is 12.8 Å². The summed E-state index contributed by atoms with van der Waals surface area (Å²) in [5.74, 6) is 6.28. The van der Waals surface area contributed by atoms with Gasteiger partial charge in [-0.25, -0.2) is 0 Å². The molecule has 0 spiro atoms. The second-order valence-electron chi connectivity index (χ2n) is 7.92. The summed E-state index contributed by atoms with van der Waals surface area (Å²) >= 11 is 0. The van der Waals surface area contributed by atoms with Gasteiger partial charge in [0.15, 0.2) is 0 Å². The Balaban J connectivity index is 1.71. The van der Waals surface area contributed by atoms with Gasteiger partial charge in [0, 0.05) is 6.04 Å². The largest absolute Gasteiger partial charge is 0.314 e. The van der Waals surface area contributed by atoms with Crippen molar-refractivity contribution in [2.75, 3.05) is 6.54 Å². The van der Waals surface area contributed by atoms with Crippen LogP contribution in [-0.4, -0.2) is 12.6 Å². The van der Waals surface area contributed by atoms with E-state index in [-0.39, 0.29) is 0 Å². The van der Waals surface area contributed by atoms with Gasteiger partial charge in [0.25, 0.3) is 0 Å². The zero-order valence-electron chi connectivity index (χ0n) is 13.2. The summed E-state index contributed by atoms with van der Waals surface area (Å²) < 4.78 is 0. The van der Waals surface area contributed by atoms with Gasteiger partial charge in [0.1, 0.15) is 0 Å². The van der Waals surface area contributed by atoms with Crippen LogP contribution in [0.3, 0.4) is 0 Å². The monoisotopic (exact) mass is 263 g/mol. The van der Waals surface area contributed by atoms with E-state index < -0.39 is 0 Å². The summed E-state index contributed by atoms with van der Waals surface area (Å²) in [4.78, 5) is 0. The van der Waals surface area contributed by atoms with Crippen molar-refractivity contribution < 1.29 is 0 Å². The first kappa shape index (κ1) is 13.9. The van der Waals surface area contributed by atoms with Crippen molar-refractivity contribution in [3.05, 3.63) is 0 Å². The summed E-state index contributed by atoms with van der Waals surface area (Å²) in [5, 5.41) is 3.88. The number of hydrogen-bond acceptors (Lipinski definition) is 1. The number of hydrogen-bond donors (Lipinski definition) is 1. The van der Waals surface area contributed by atoms with Crippen LogP contribution in [0.4, 0.5) is 0 Å². The highest BCUT2D eigenvalue weighted by Crippen LogP contribution is 2.57. The topological polar surface area (TPSA) is 12.0 Å².